The van der Waals surface area contributed by atoms with Gasteiger partial charge in [0.05, 0.1) is 33.0 Å². The van der Waals surface area contributed by atoms with Crippen LogP contribution in [0, 0.1) is 0 Å². The molecule has 0 heterocycles. The number of carbonyl (C=O) groups excluding carboxylic acids is 3. The van der Waals surface area contributed by atoms with Crippen LogP contribution in [0.1, 0.15) is 56.7 Å². The van der Waals surface area contributed by atoms with Crippen molar-refractivity contribution in [1.82, 2.24) is 5.32 Å². The maximum Gasteiger partial charge on any atom is 0.471 e. The molecule has 248 valence electrons. The van der Waals surface area contributed by atoms with Gasteiger partial charge in [-0.25, -0.2) is 9.59 Å². The van der Waals surface area contributed by atoms with Gasteiger partial charge in [0.15, 0.2) is 0 Å². The van der Waals surface area contributed by atoms with Gasteiger partial charge >= 0.3 is 24.0 Å². The van der Waals surface area contributed by atoms with Crippen molar-refractivity contribution in [1.29, 1.82) is 0 Å². The molecule has 0 radical (unpaired) electrons. The number of amides is 1. The Hall–Kier alpha value is -5.02. The zero-order valence-corrected chi connectivity index (χ0v) is 24.7. The second-order valence-electron chi connectivity index (χ2n) is 10.1. The van der Waals surface area contributed by atoms with Crippen LogP contribution in [0.15, 0.2) is 54.6 Å². The fraction of sp³-hybridized carbons (Fsp3) is 0.323. The fourth-order valence-corrected chi connectivity index (χ4v) is 4.92. The highest BCUT2D eigenvalue weighted by Crippen LogP contribution is 2.45. The molecule has 12 nitrogen and oxygen atoms in total. The standard InChI is InChI=1S/C31H32F3NO11/c1-15(36)27(46-14-16-7-5-4-6-8-16)20(35-30(43)31(32,33)34)13-19(17-9-11-21(37)23(25(17)39)28(41)44-2)18-10-12-22(38)24(26(18)40)29(42)45-3/h4-12,15,19-20,27,36-40H,13-14H2,1-3H3,(H,35,43)/t15-,20-,27-/m1/s1. The molecule has 0 spiro atoms. The van der Waals surface area contributed by atoms with E-state index in [1.165, 1.54) is 6.92 Å². The van der Waals surface area contributed by atoms with Gasteiger partial charge in [-0.05, 0) is 31.0 Å². The van der Waals surface area contributed by atoms with Gasteiger partial charge in [0.1, 0.15) is 40.2 Å². The Kier molecular flexibility index (Phi) is 11.4. The molecule has 3 aromatic rings. The Labute approximate surface area is 260 Å². The van der Waals surface area contributed by atoms with Gasteiger partial charge in [0.25, 0.3) is 0 Å². The summed E-state index contributed by atoms with van der Waals surface area (Å²) < 4.78 is 55.6. The normalized spacial score (nSPS) is 13.5. The lowest BCUT2D eigenvalue weighted by Gasteiger charge is -2.34. The maximum atomic E-state index is 13.5. The highest BCUT2D eigenvalue weighted by molar-refractivity contribution is 5.97. The number of hydrogen-bond donors (Lipinski definition) is 6. The van der Waals surface area contributed by atoms with E-state index in [0.29, 0.717) is 5.56 Å². The van der Waals surface area contributed by atoms with Crippen molar-refractivity contribution in [3.8, 4) is 23.0 Å². The van der Waals surface area contributed by atoms with Gasteiger partial charge < -0.3 is 45.1 Å². The summed E-state index contributed by atoms with van der Waals surface area (Å²) >= 11 is 0. The number of esters is 2. The number of ether oxygens (including phenoxy) is 3. The van der Waals surface area contributed by atoms with E-state index < -0.39 is 88.7 Å². The van der Waals surface area contributed by atoms with Crippen LogP contribution in [0.25, 0.3) is 0 Å². The summed E-state index contributed by atoms with van der Waals surface area (Å²) in [6, 6.07) is 10.7. The van der Waals surface area contributed by atoms with Gasteiger partial charge in [-0.15, -0.1) is 0 Å². The number of hydrogen-bond acceptors (Lipinski definition) is 11. The largest absolute Gasteiger partial charge is 0.507 e. The van der Waals surface area contributed by atoms with Crippen LogP contribution < -0.4 is 5.32 Å². The van der Waals surface area contributed by atoms with Gasteiger partial charge in [-0.1, -0.05) is 42.5 Å². The SMILES string of the molecule is COC(=O)c1c(O)ccc(C(C[C@@H](NC(=O)C(F)(F)F)[C@H](OCc2ccccc2)[C@@H](C)O)c2ccc(O)c(C(=O)OC)c2O)c1O. The van der Waals surface area contributed by atoms with Crippen LogP contribution in [0.2, 0.25) is 0 Å². The van der Waals surface area contributed by atoms with Crippen LogP contribution in [0.5, 0.6) is 23.0 Å². The number of phenols is 4. The molecule has 0 aliphatic rings. The van der Waals surface area contributed by atoms with Crippen molar-refractivity contribution >= 4 is 17.8 Å². The highest BCUT2D eigenvalue weighted by atomic mass is 19.4. The Morgan fingerprint density at radius 3 is 1.70 bits per heavy atom. The van der Waals surface area contributed by atoms with Crippen molar-refractivity contribution in [2.75, 3.05) is 14.2 Å². The van der Waals surface area contributed by atoms with E-state index in [2.05, 4.69) is 9.47 Å². The Bertz CT molecular complexity index is 1490. The van der Waals surface area contributed by atoms with Crippen molar-refractivity contribution in [2.24, 2.45) is 0 Å². The summed E-state index contributed by atoms with van der Waals surface area (Å²) in [4.78, 5) is 37.1. The average molecular weight is 652 g/mol. The van der Waals surface area contributed by atoms with Gasteiger partial charge in [-0.2, -0.15) is 13.2 Å². The molecule has 3 rings (SSSR count). The molecule has 0 saturated carbocycles. The summed E-state index contributed by atoms with van der Waals surface area (Å²) in [6.07, 6.45) is -9.13. The number of nitrogens with one attached hydrogen (secondary N) is 1. The zero-order valence-electron chi connectivity index (χ0n) is 24.7. The lowest BCUT2D eigenvalue weighted by atomic mass is 9.81. The number of phenolic OH excluding ortho intramolecular Hbond substituents is 4. The minimum Gasteiger partial charge on any atom is -0.507 e. The summed E-state index contributed by atoms with van der Waals surface area (Å²) in [5.74, 6) is -9.61. The van der Waals surface area contributed by atoms with Crippen LogP contribution in [0.4, 0.5) is 13.2 Å². The summed E-state index contributed by atoms with van der Waals surface area (Å²) in [5, 5.41) is 55.4. The number of rotatable bonds is 12. The monoisotopic (exact) mass is 651 g/mol. The van der Waals surface area contributed by atoms with Gasteiger partial charge in [-0.3, -0.25) is 4.79 Å². The maximum absolute atomic E-state index is 13.5. The predicted molar refractivity (Wildman–Crippen MR) is 153 cm³/mol. The number of carbonyl (C=O) groups is 3. The zero-order chi connectivity index (χ0) is 34.3. The van der Waals surface area contributed by atoms with Crippen molar-refractivity contribution in [3.63, 3.8) is 0 Å². The molecule has 46 heavy (non-hydrogen) atoms. The van der Waals surface area contributed by atoms with E-state index in [9.17, 15) is 53.1 Å². The molecule has 15 heteroatoms. The van der Waals surface area contributed by atoms with Crippen LogP contribution in [-0.4, -0.2) is 82.0 Å². The molecule has 6 N–H and O–H groups in total. The molecule has 3 aromatic carbocycles. The molecule has 3 atom stereocenters. The third-order valence-electron chi connectivity index (χ3n) is 7.13. The number of benzene rings is 3. The molecular weight excluding hydrogens is 619 g/mol. The lowest BCUT2D eigenvalue weighted by molar-refractivity contribution is -0.176. The molecule has 0 aromatic heterocycles. The van der Waals surface area contributed by atoms with E-state index >= 15 is 0 Å². The minimum absolute atomic E-state index is 0.215. The summed E-state index contributed by atoms with van der Waals surface area (Å²) in [7, 11) is 1.92. The number of methoxy groups -OCH3 is 2. The topological polar surface area (TPSA) is 192 Å². The van der Waals surface area contributed by atoms with Crippen molar-refractivity contribution in [3.05, 3.63) is 82.4 Å². The van der Waals surface area contributed by atoms with E-state index in [0.717, 1.165) is 38.5 Å². The number of alkyl halides is 3. The third kappa shape index (κ3) is 7.97. The molecule has 0 saturated heterocycles. The smallest absolute Gasteiger partial charge is 0.471 e. The molecule has 0 aliphatic carbocycles. The number of aliphatic hydroxyl groups excluding tert-OH is 1. The highest BCUT2D eigenvalue weighted by Gasteiger charge is 2.43. The Morgan fingerprint density at radius 2 is 1.28 bits per heavy atom. The van der Waals surface area contributed by atoms with Crippen LogP contribution in [-0.2, 0) is 25.6 Å². The lowest BCUT2D eigenvalue weighted by Crippen LogP contribution is -2.53. The first-order valence-corrected chi connectivity index (χ1v) is 13.6. The first kappa shape index (κ1) is 35.5. The van der Waals surface area contributed by atoms with Gasteiger partial charge in [0, 0.05) is 17.0 Å². The molecule has 0 unspecified atom stereocenters. The quantitative estimate of drug-likeness (QED) is 0.157. The van der Waals surface area contributed by atoms with Crippen LogP contribution >= 0.6 is 0 Å². The predicted octanol–water partition coefficient (Wildman–Crippen LogP) is 3.62. The van der Waals surface area contributed by atoms with Crippen LogP contribution in [0.3, 0.4) is 0 Å². The second kappa shape index (κ2) is 14.8. The third-order valence-corrected chi connectivity index (χ3v) is 7.13. The van der Waals surface area contributed by atoms with E-state index in [-0.39, 0.29) is 17.7 Å². The first-order valence-electron chi connectivity index (χ1n) is 13.6. The van der Waals surface area contributed by atoms with E-state index in [4.69, 9.17) is 4.74 Å². The molecule has 0 aliphatic heterocycles. The second-order valence-corrected chi connectivity index (χ2v) is 10.1. The van der Waals surface area contributed by atoms with E-state index in [1.807, 2.05) is 5.32 Å². The average Bonchev–Trinajstić information content (AvgIpc) is 3.00. The molecule has 0 bridgehead atoms. The summed E-state index contributed by atoms with van der Waals surface area (Å²) in [6.45, 7) is 0.992. The van der Waals surface area contributed by atoms with Crippen molar-refractivity contribution in [2.45, 2.75) is 50.3 Å². The van der Waals surface area contributed by atoms with Crippen molar-refractivity contribution < 1.29 is 67.3 Å². The molecular formula is C31H32F3NO11. The first-order chi connectivity index (χ1) is 21.6. The number of halogens is 3. The number of aromatic hydroxyl groups is 4. The summed E-state index contributed by atoms with van der Waals surface area (Å²) in [5.41, 5.74) is -1.50. The minimum atomic E-state index is -5.38. The molecule has 1 amide bonds. The molecule has 0 fully saturated rings. The van der Waals surface area contributed by atoms with Gasteiger partial charge in [0.2, 0.25) is 0 Å². The Morgan fingerprint density at radius 1 is 0.804 bits per heavy atom. The Balaban J connectivity index is 2.28. The number of aliphatic hydroxyl groups is 1. The van der Waals surface area contributed by atoms with E-state index in [1.54, 1.807) is 30.3 Å². The fourth-order valence-electron chi connectivity index (χ4n) is 4.92.